The third kappa shape index (κ3) is 4.37. The molecule has 3 atom stereocenters. The Bertz CT molecular complexity index is 1680. The molecule has 3 aliphatic heterocycles. The van der Waals surface area contributed by atoms with Gasteiger partial charge in [0.25, 0.3) is 0 Å². The first kappa shape index (κ1) is 26.1. The number of nitrogens with one attached hydrogen (secondary N) is 1. The van der Waals surface area contributed by atoms with Crippen LogP contribution in [0.3, 0.4) is 0 Å². The fourth-order valence-electron chi connectivity index (χ4n) is 6.95. The zero-order chi connectivity index (χ0) is 28.1. The number of aromatic nitrogens is 3. The van der Waals surface area contributed by atoms with Crippen molar-refractivity contribution in [1.82, 2.24) is 25.2 Å². The van der Waals surface area contributed by atoms with Crippen LogP contribution < -0.4 is 15.0 Å². The highest BCUT2D eigenvalue weighted by Gasteiger charge is 2.49. The van der Waals surface area contributed by atoms with Gasteiger partial charge in [-0.15, -0.1) is 6.42 Å². The summed E-state index contributed by atoms with van der Waals surface area (Å²) in [4.78, 5) is 18.4. The van der Waals surface area contributed by atoms with Crippen LogP contribution in [0.1, 0.15) is 31.7 Å². The molecule has 2 aromatic heterocycles. The minimum Gasteiger partial charge on any atom is -0.461 e. The molecule has 3 fully saturated rings. The van der Waals surface area contributed by atoms with Crippen molar-refractivity contribution in [3.05, 3.63) is 54.0 Å². The second kappa shape index (κ2) is 10.2. The number of hydrogen-bond acceptors (Lipinski definition) is 7. The van der Waals surface area contributed by atoms with Crippen LogP contribution in [-0.2, 0) is 0 Å². The van der Waals surface area contributed by atoms with Crippen LogP contribution in [0.15, 0.2) is 42.6 Å². The Morgan fingerprint density at radius 3 is 2.88 bits per heavy atom. The maximum absolute atomic E-state index is 16.6. The number of halogens is 2. The van der Waals surface area contributed by atoms with Crippen LogP contribution in [0, 0.1) is 18.2 Å². The summed E-state index contributed by atoms with van der Waals surface area (Å²) in [5.74, 6) is 2.77. The number of nitrogens with zero attached hydrogens (tertiary/aromatic N) is 5. The van der Waals surface area contributed by atoms with E-state index < -0.39 is 12.0 Å². The third-order valence-electron chi connectivity index (χ3n) is 8.96. The Labute approximate surface area is 237 Å². The van der Waals surface area contributed by atoms with Crippen molar-refractivity contribution in [3.8, 4) is 29.6 Å². The van der Waals surface area contributed by atoms with Crippen molar-refractivity contribution < 1.29 is 13.5 Å². The zero-order valence-corrected chi connectivity index (χ0v) is 23.0. The summed E-state index contributed by atoms with van der Waals surface area (Å²) in [6.45, 7) is 5.92. The van der Waals surface area contributed by atoms with Crippen molar-refractivity contribution in [2.45, 2.75) is 43.9 Å². The molecule has 3 saturated heterocycles. The Hall–Kier alpha value is -3.87. The Morgan fingerprint density at radius 2 is 2.05 bits per heavy atom. The zero-order valence-electron chi connectivity index (χ0n) is 23.0. The highest BCUT2D eigenvalue weighted by atomic mass is 19.1. The molecule has 0 aliphatic carbocycles. The Balaban J connectivity index is 1.36. The van der Waals surface area contributed by atoms with Crippen LogP contribution >= 0.6 is 0 Å². The van der Waals surface area contributed by atoms with E-state index >= 15 is 4.39 Å². The number of pyridine rings is 1. The van der Waals surface area contributed by atoms with E-state index in [0.29, 0.717) is 41.8 Å². The molecule has 5 heterocycles. The highest BCUT2D eigenvalue weighted by Crippen LogP contribution is 2.41. The molecule has 0 saturated carbocycles. The van der Waals surface area contributed by atoms with Crippen molar-refractivity contribution in [3.63, 3.8) is 0 Å². The predicted octanol–water partition coefficient (Wildman–Crippen LogP) is 4.72. The van der Waals surface area contributed by atoms with Crippen LogP contribution in [0.4, 0.5) is 14.6 Å². The van der Waals surface area contributed by atoms with Crippen molar-refractivity contribution >= 4 is 27.5 Å². The van der Waals surface area contributed by atoms with Gasteiger partial charge in [0.15, 0.2) is 5.82 Å². The predicted molar refractivity (Wildman–Crippen MR) is 156 cm³/mol. The minimum absolute atomic E-state index is 0.0973. The van der Waals surface area contributed by atoms with Gasteiger partial charge in [0.1, 0.15) is 29.8 Å². The van der Waals surface area contributed by atoms with Crippen molar-refractivity contribution in [2.24, 2.45) is 0 Å². The largest absolute Gasteiger partial charge is 0.461 e. The summed E-state index contributed by atoms with van der Waals surface area (Å²) in [6, 6.07) is 11.6. The summed E-state index contributed by atoms with van der Waals surface area (Å²) >= 11 is 0. The number of hydrogen-bond donors (Lipinski definition) is 1. The maximum Gasteiger partial charge on any atom is 0.319 e. The van der Waals surface area contributed by atoms with Crippen LogP contribution in [0.25, 0.3) is 32.9 Å². The van der Waals surface area contributed by atoms with Crippen LogP contribution in [0.5, 0.6) is 6.01 Å². The van der Waals surface area contributed by atoms with E-state index in [4.69, 9.17) is 16.1 Å². The molecule has 9 heteroatoms. The topological polar surface area (TPSA) is 66.4 Å². The van der Waals surface area contributed by atoms with E-state index in [-0.39, 0.29) is 35.4 Å². The monoisotopic (exact) mass is 554 g/mol. The van der Waals surface area contributed by atoms with Gasteiger partial charge in [-0.25, -0.2) is 8.78 Å². The molecule has 0 spiro atoms. The Kier molecular flexibility index (Phi) is 6.48. The molecular weight excluding hydrogens is 522 g/mol. The average molecular weight is 555 g/mol. The van der Waals surface area contributed by atoms with Gasteiger partial charge in [0, 0.05) is 61.4 Å². The number of ether oxygens (including phenoxy) is 1. The van der Waals surface area contributed by atoms with Crippen LogP contribution in [-0.4, -0.2) is 76.9 Å². The normalized spacial score (nSPS) is 24.6. The van der Waals surface area contributed by atoms with Gasteiger partial charge in [-0.05, 0) is 37.8 Å². The number of fused-ring (bicyclic) bond motifs is 3. The quantitative estimate of drug-likeness (QED) is 0.358. The van der Waals surface area contributed by atoms with Gasteiger partial charge >= 0.3 is 6.01 Å². The van der Waals surface area contributed by atoms with E-state index in [1.54, 1.807) is 6.20 Å². The van der Waals surface area contributed by atoms with Gasteiger partial charge in [-0.2, -0.15) is 9.97 Å². The Morgan fingerprint density at radius 1 is 1.20 bits per heavy atom. The van der Waals surface area contributed by atoms with E-state index in [2.05, 4.69) is 37.9 Å². The first-order chi connectivity index (χ1) is 20.0. The lowest BCUT2D eigenvalue weighted by Crippen LogP contribution is -2.50. The molecule has 2 aromatic carbocycles. The molecule has 0 unspecified atom stereocenters. The van der Waals surface area contributed by atoms with Gasteiger partial charge < -0.3 is 15.0 Å². The van der Waals surface area contributed by atoms with Crippen LogP contribution in [0.2, 0.25) is 0 Å². The molecule has 7 rings (SSSR count). The molecule has 4 aromatic rings. The lowest BCUT2D eigenvalue weighted by Gasteiger charge is -2.35. The molecular formula is C32H32F2N6O. The van der Waals surface area contributed by atoms with Crippen molar-refractivity contribution in [1.29, 1.82) is 0 Å². The number of benzene rings is 2. The lowest BCUT2D eigenvalue weighted by atomic mass is 9.95. The summed E-state index contributed by atoms with van der Waals surface area (Å²) in [6.07, 6.45) is 8.91. The number of alkyl halides is 1. The average Bonchev–Trinajstić information content (AvgIpc) is 3.51. The molecule has 7 nitrogen and oxygen atoms in total. The van der Waals surface area contributed by atoms with E-state index in [0.717, 1.165) is 43.2 Å². The van der Waals surface area contributed by atoms with E-state index in [1.165, 1.54) is 0 Å². The summed E-state index contributed by atoms with van der Waals surface area (Å²) in [5, 5.41) is 5.59. The molecule has 1 N–H and O–H groups in total. The van der Waals surface area contributed by atoms with Crippen molar-refractivity contribution in [2.75, 3.05) is 44.2 Å². The molecule has 0 amide bonds. The molecule has 41 heavy (non-hydrogen) atoms. The van der Waals surface area contributed by atoms with Gasteiger partial charge in [0.05, 0.1) is 10.9 Å². The SMILES string of the molecule is C#Cc1cccc2cccc(-c3ncc4c(N5CCNC[C@H]5C)nc(OC[C@@]56CCCN5C[C@H](F)C6)nc4c3F)c12. The lowest BCUT2D eigenvalue weighted by molar-refractivity contribution is 0.107. The molecule has 0 radical (unpaired) electrons. The first-order valence-electron chi connectivity index (χ1n) is 14.3. The summed E-state index contributed by atoms with van der Waals surface area (Å²) < 4.78 is 37.2. The number of piperazine rings is 1. The van der Waals surface area contributed by atoms with E-state index in [1.807, 2.05) is 36.4 Å². The second-order valence-corrected chi connectivity index (χ2v) is 11.5. The minimum atomic E-state index is -0.867. The van der Waals surface area contributed by atoms with E-state index in [9.17, 15) is 4.39 Å². The molecule has 210 valence electrons. The molecule has 3 aliphatic rings. The molecule has 0 bridgehead atoms. The maximum atomic E-state index is 16.6. The first-order valence-corrected chi connectivity index (χ1v) is 14.3. The summed E-state index contributed by atoms with van der Waals surface area (Å²) in [5.41, 5.74) is 1.23. The summed E-state index contributed by atoms with van der Waals surface area (Å²) in [7, 11) is 0. The third-order valence-corrected chi connectivity index (χ3v) is 8.96. The fourth-order valence-corrected chi connectivity index (χ4v) is 6.95. The smallest absolute Gasteiger partial charge is 0.319 e. The number of anilines is 1. The fraction of sp³-hybridized carbons (Fsp3) is 0.406. The highest BCUT2D eigenvalue weighted by molar-refractivity contribution is 6.02. The number of terminal acetylenes is 1. The van der Waals surface area contributed by atoms with Gasteiger partial charge in [0.2, 0.25) is 0 Å². The number of rotatable bonds is 5. The standard InChI is InChI=1S/C32H32F2N6O/c1-3-21-7-4-8-22-9-5-10-24(26(21)22)28-27(34)29-25(17-36-28)30(40-14-12-35-16-20(40)2)38-31(37-29)41-19-32-11-6-13-39(32)18-23(33)15-32/h1,4-5,7-10,17,20,23,35H,6,11-16,18-19H2,2H3/t20-,23-,32+/m1/s1. The second-order valence-electron chi connectivity index (χ2n) is 11.5. The van der Waals surface area contributed by atoms with Gasteiger partial charge in [-0.3, -0.25) is 9.88 Å². The van der Waals surface area contributed by atoms with Gasteiger partial charge in [-0.1, -0.05) is 36.3 Å².